The lowest BCUT2D eigenvalue weighted by molar-refractivity contribution is -0.123. The van der Waals surface area contributed by atoms with Crippen LogP contribution in [-0.2, 0) is 4.79 Å². The molecule has 5 nitrogen and oxygen atoms in total. The maximum atomic E-state index is 11.7. The Morgan fingerprint density at radius 3 is 2.59 bits per heavy atom. The molecule has 1 heterocycles. The lowest BCUT2D eigenvalue weighted by atomic mass is 10.2. The van der Waals surface area contributed by atoms with Crippen molar-refractivity contribution in [2.24, 2.45) is 0 Å². The summed E-state index contributed by atoms with van der Waals surface area (Å²) in [7, 11) is 0. The van der Waals surface area contributed by atoms with E-state index in [2.05, 4.69) is 10.6 Å². The standard InChI is InChI=1S/C12H18N2O3/c1-4-8(2)13-11(15)9(3)14-12(16)10-6-5-7-17-10/h5-9H,4H2,1-3H3,(H,13,15)(H,14,16)/t8-,9+/m0/s1. The number of carbonyl (C=O) groups excluding carboxylic acids is 2. The molecule has 0 aromatic carbocycles. The molecule has 2 atom stereocenters. The quantitative estimate of drug-likeness (QED) is 0.812. The van der Waals surface area contributed by atoms with Crippen LogP contribution in [0.2, 0.25) is 0 Å². The van der Waals surface area contributed by atoms with Crippen molar-refractivity contribution in [2.75, 3.05) is 0 Å². The Morgan fingerprint density at radius 2 is 2.06 bits per heavy atom. The number of furan rings is 1. The minimum atomic E-state index is -0.582. The SMILES string of the molecule is CC[C@H](C)NC(=O)[C@@H](C)NC(=O)c1ccco1. The van der Waals surface area contributed by atoms with Crippen molar-refractivity contribution in [1.29, 1.82) is 0 Å². The zero-order chi connectivity index (χ0) is 12.8. The van der Waals surface area contributed by atoms with Gasteiger partial charge in [-0.05, 0) is 32.4 Å². The molecule has 0 spiro atoms. The Labute approximate surface area is 101 Å². The average Bonchev–Trinajstić information content (AvgIpc) is 2.82. The van der Waals surface area contributed by atoms with Crippen molar-refractivity contribution in [3.63, 3.8) is 0 Å². The zero-order valence-corrected chi connectivity index (χ0v) is 10.3. The molecule has 0 radical (unpaired) electrons. The normalized spacial score (nSPS) is 13.8. The van der Waals surface area contributed by atoms with Crippen molar-refractivity contribution < 1.29 is 14.0 Å². The molecular formula is C12H18N2O3. The van der Waals surface area contributed by atoms with Crippen molar-refractivity contribution in [3.05, 3.63) is 24.2 Å². The molecule has 2 amide bonds. The van der Waals surface area contributed by atoms with Gasteiger partial charge >= 0.3 is 0 Å². The highest BCUT2D eigenvalue weighted by Crippen LogP contribution is 2.00. The number of nitrogens with one attached hydrogen (secondary N) is 2. The van der Waals surface area contributed by atoms with E-state index >= 15 is 0 Å². The molecule has 0 bridgehead atoms. The summed E-state index contributed by atoms with van der Waals surface area (Å²) in [5.41, 5.74) is 0. The minimum absolute atomic E-state index is 0.102. The van der Waals surface area contributed by atoms with Crippen LogP contribution in [0.15, 0.2) is 22.8 Å². The van der Waals surface area contributed by atoms with Crippen LogP contribution < -0.4 is 10.6 Å². The van der Waals surface area contributed by atoms with Gasteiger partial charge in [-0.3, -0.25) is 9.59 Å². The van der Waals surface area contributed by atoms with Crippen LogP contribution >= 0.6 is 0 Å². The van der Waals surface area contributed by atoms with Crippen LogP contribution in [0, 0.1) is 0 Å². The number of hydrogen-bond donors (Lipinski definition) is 2. The van der Waals surface area contributed by atoms with Gasteiger partial charge < -0.3 is 15.1 Å². The largest absolute Gasteiger partial charge is 0.459 e. The molecule has 0 saturated heterocycles. The highest BCUT2D eigenvalue weighted by molar-refractivity contribution is 5.95. The minimum Gasteiger partial charge on any atom is -0.459 e. The molecule has 0 aliphatic rings. The second-order valence-electron chi connectivity index (χ2n) is 3.99. The first kappa shape index (κ1) is 13.3. The summed E-state index contributed by atoms with van der Waals surface area (Å²) >= 11 is 0. The number of carbonyl (C=O) groups is 2. The molecule has 0 unspecified atom stereocenters. The van der Waals surface area contributed by atoms with Gasteiger partial charge in [-0.15, -0.1) is 0 Å². The fourth-order valence-electron chi connectivity index (χ4n) is 1.21. The van der Waals surface area contributed by atoms with Gasteiger partial charge in [0.15, 0.2) is 5.76 Å². The van der Waals surface area contributed by atoms with E-state index in [0.29, 0.717) is 0 Å². The van der Waals surface area contributed by atoms with Crippen LogP contribution in [0.1, 0.15) is 37.7 Å². The van der Waals surface area contributed by atoms with E-state index in [1.807, 2.05) is 13.8 Å². The van der Waals surface area contributed by atoms with Gasteiger partial charge in [-0.1, -0.05) is 6.92 Å². The first-order valence-electron chi connectivity index (χ1n) is 5.69. The Morgan fingerprint density at radius 1 is 1.35 bits per heavy atom. The molecule has 2 N–H and O–H groups in total. The van der Waals surface area contributed by atoms with Gasteiger partial charge in [0.05, 0.1) is 6.26 Å². The average molecular weight is 238 g/mol. The highest BCUT2D eigenvalue weighted by Gasteiger charge is 2.18. The fraction of sp³-hybridized carbons (Fsp3) is 0.500. The van der Waals surface area contributed by atoms with E-state index in [9.17, 15) is 9.59 Å². The maximum Gasteiger partial charge on any atom is 0.287 e. The molecule has 0 aliphatic carbocycles. The summed E-state index contributed by atoms with van der Waals surface area (Å²) in [5.74, 6) is -0.380. The van der Waals surface area contributed by atoms with Gasteiger partial charge in [-0.2, -0.15) is 0 Å². The van der Waals surface area contributed by atoms with Crippen molar-refractivity contribution in [1.82, 2.24) is 10.6 Å². The number of hydrogen-bond acceptors (Lipinski definition) is 3. The third-order valence-corrected chi connectivity index (χ3v) is 2.49. The summed E-state index contributed by atoms with van der Waals surface area (Å²) in [5, 5.41) is 5.36. The van der Waals surface area contributed by atoms with E-state index < -0.39 is 6.04 Å². The molecule has 5 heteroatoms. The Balaban J connectivity index is 2.46. The second kappa shape index (κ2) is 6.08. The monoisotopic (exact) mass is 238 g/mol. The van der Waals surface area contributed by atoms with Crippen molar-refractivity contribution in [3.8, 4) is 0 Å². The van der Waals surface area contributed by atoms with E-state index in [1.165, 1.54) is 6.26 Å². The molecule has 1 aromatic rings. The lowest BCUT2D eigenvalue weighted by Crippen LogP contribution is -2.47. The smallest absolute Gasteiger partial charge is 0.287 e. The molecule has 17 heavy (non-hydrogen) atoms. The first-order chi connectivity index (χ1) is 8.04. The highest BCUT2D eigenvalue weighted by atomic mass is 16.3. The van der Waals surface area contributed by atoms with Gasteiger partial charge in [-0.25, -0.2) is 0 Å². The van der Waals surface area contributed by atoms with Crippen molar-refractivity contribution in [2.45, 2.75) is 39.3 Å². The summed E-state index contributed by atoms with van der Waals surface area (Å²) in [6.07, 6.45) is 2.27. The van der Waals surface area contributed by atoms with E-state index in [4.69, 9.17) is 4.42 Å². The Bertz CT molecular complexity index is 373. The third kappa shape index (κ3) is 3.94. The first-order valence-corrected chi connectivity index (χ1v) is 5.69. The van der Waals surface area contributed by atoms with Crippen LogP contribution in [0.5, 0.6) is 0 Å². The van der Waals surface area contributed by atoms with Crippen LogP contribution in [0.25, 0.3) is 0 Å². The molecule has 1 rings (SSSR count). The van der Waals surface area contributed by atoms with Gasteiger partial charge in [0.25, 0.3) is 5.91 Å². The number of rotatable bonds is 5. The second-order valence-corrected chi connectivity index (χ2v) is 3.99. The predicted molar refractivity (Wildman–Crippen MR) is 63.5 cm³/mol. The van der Waals surface area contributed by atoms with Gasteiger partial charge in [0.2, 0.25) is 5.91 Å². The van der Waals surface area contributed by atoms with Crippen molar-refractivity contribution >= 4 is 11.8 Å². The summed E-state index contributed by atoms with van der Waals surface area (Å²) in [6, 6.07) is 2.69. The molecular weight excluding hydrogens is 220 g/mol. The molecule has 0 saturated carbocycles. The Kier molecular flexibility index (Phi) is 4.75. The fourth-order valence-corrected chi connectivity index (χ4v) is 1.21. The summed E-state index contributed by atoms with van der Waals surface area (Å²) in [4.78, 5) is 23.3. The Hall–Kier alpha value is -1.78. The van der Waals surface area contributed by atoms with E-state index in [-0.39, 0.29) is 23.6 Å². The van der Waals surface area contributed by atoms with Gasteiger partial charge in [0, 0.05) is 6.04 Å². The molecule has 1 aromatic heterocycles. The zero-order valence-electron chi connectivity index (χ0n) is 10.3. The van der Waals surface area contributed by atoms with Crippen LogP contribution in [-0.4, -0.2) is 23.9 Å². The lowest BCUT2D eigenvalue weighted by Gasteiger charge is -2.16. The third-order valence-electron chi connectivity index (χ3n) is 2.49. The molecule has 0 fully saturated rings. The topological polar surface area (TPSA) is 71.3 Å². The van der Waals surface area contributed by atoms with Crippen LogP contribution in [0.4, 0.5) is 0 Å². The molecule has 94 valence electrons. The summed E-state index contributed by atoms with van der Waals surface area (Å²) in [6.45, 7) is 5.54. The maximum absolute atomic E-state index is 11.7. The van der Waals surface area contributed by atoms with E-state index in [0.717, 1.165) is 6.42 Å². The van der Waals surface area contributed by atoms with Gasteiger partial charge in [0.1, 0.15) is 6.04 Å². The molecule has 0 aliphatic heterocycles. The van der Waals surface area contributed by atoms with Crippen LogP contribution in [0.3, 0.4) is 0 Å². The summed E-state index contributed by atoms with van der Waals surface area (Å²) < 4.78 is 4.93. The number of amides is 2. The predicted octanol–water partition coefficient (Wildman–Crippen LogP) is 1.31. The van der Waals surface area contributed by atoms with E-state index in [1.54, 1.807) is 19.1 Å².